The topological polar surface area (TPSA) is 23.5 Å². The first kappa shape index (κ1) is 10.4. The van der Waals surface area contributed by atoms with Crippen LogP contribution in [0.4, 0.5) is 0 Å². The summed E-state index contributed by atoms with van der Waals surface area (Å²) < 4.78 is 0. The molecule has 2 aliphatic rings. The molecule has 1 heterocycles. The van der Waals surface area contributed by atoms with E-state index in [9.17, 15) is 5.11 Å². The molecular formula is C12H23NO. The summed E-state index contributed by atoms with van der Waals surface area (Å²) in [6.45, 7) is 7.00. The van der Waals surface area contributed by atoms with Crippen molar-refractivity contribution in [3.8, 4) is 0 Å². The molecule has 0 aromatic heterocycles. The van der Waals surface area contributed by atoms with E-state index in [0.29, 0.717) is 5.41 Å². The van der Waals surface area contributed by atoms with Gasteiger partial charge in [0.15, 0.2) is 0 Å². The molecule has 2 rings (SSSR count). The van der Waals surface area contributed by atoms with Crippen LogP contribution in [0.1, 0.15) is 46.0 Å². The van der Waals surface area contributed by atoms with Gasteiger partial charge >= 0.3 is 0 Å². The maximum Gasteiger partial charge on any atom is 0.0610 e. The van der Waals surface area contributed by atoms with Crippen molar-refractivity contribution < 1.29 is 5.11 Å². The molecule has 1 spiro atoms. The summed E-state index contributed by atoms with van der Waals surface area (Å²) in [7, 11) is 0. The lowest BCUT2D eigenvalue weighted by Gasteiger charge is -2.35. The van der Waals surface area contributed by atoms with E-state index in [1.165, 1.54) is 45.2 Å². The van der Waals surface area contributed by atoms with Crippen molar-refractivity contribution in [3.05, 3.63) is 0 Å². The molecule has 0 unspecified atom stereocenters. The first-order valence-corrected chi connectivity index (χ1v) is 5.94. The second kappa shape index (κ2) is 3.49. The lowest BCUT2D eigenvalue weighted by atomic mass is 9.85. The Hall–Kier alpha value is -0.0800. The lowest BCUT2D eigenvalue weighted by Crippen LogP contribution is -2.46. The van der Waals surface area contributed by atoms with Gasteiger partial charge in [0.25, 0.3) is 0 Å². The Bertz CT molecular complexity index is 206. The monoisotopic (exact) mass is 197 g/mol. The quantitative estimate of drug-likeness (QED) is 0.732. The van der Waals surface area contributed by atoms with E-state index in [4.69, 9.17) is 0 Å². The molecule has 82 valence electrons. The summed E-state index contributed by atoms with van der Waals surface area (Å²) in [5.41, 5.74) is 0.624. The smallest absolute Gasteiger partial charge is 0.0610 e. The Morgan fingerprint density at radius 1 is 1.21 bits per heavy atom. The van der Waals surface area contributed by atoms with Crippen molar-refractivity contribution in [3.63, 3.8) is 0 Å². The third-order valence-corrected chi connectivity index (χ3v) is 4.35. The van der Waals surface area contributed by atoms with E-state index in [1.54, 1.807) is 0 Å². The van der Waals surface area contributed by atoms with Crippen LogP contribution in [0.5, 0.6) is 0 Å². The number of aliphatic hydroxyl groups excluding tert-OH is 1. The Labute approximate surface area is 87.3 Å². The van der Waals surface area contributed by atoms with Crippen LogP contribution in [0.2, 0.25) is 0 Å². The van der Waals surface area contributed by atoms with E-state index in [1.807, 2.05) is 0 Å². The van der Waals surface area contributed by atoms with E-state index < -0.39 is 0 Å². The average Bonchev–Trinajstić information content (AvgIpc) is 2.78. The van der Waals surface area contributed by atoms with Gasteiger partial charge in [0.2, 0.25) is 0 Å². The standard InChI is InChI=1S/C12H23NO/c1-11(2,10-14)13-8-7-12(9-13)5-3-4-6-12/h14H,3-10H2,1-2H3. The fourth-order valence-electron chi connectivity index (χ4n) is 3.08. The zero-order chi connectivity index (χ0) is 10.2. The van der Waals surface area contributed by atoms with Gasteiger partial charge in [0.05, 0.1) is 6.61 Å². The highest BCUT2D eigenvalue weighted by molar-refractivity contribution is 4.97. The molecule has 14 heavy (non-hydrogen) atoms. The highest BCUT2D eigenvalue weighted by atomic mass is 16.3. The molecule has 2 nitrogen and oxygen atoms in total. The van der Waals surface area contributed by atoms with Crippen LogP contribution in [0.15, 0.2) is 0 Å². The number of hydrogen-bond donors (Lipinski definition) is 1. The predicted octanol–water partition coefficient (Wildman–Crippen LogP) is 2.02. The lowest BCUT2D eigenvalue weighted by molar-refractivity contribution is 0.0669. The number of likely N-dealkylation sites (tertiary alicyclic amines) is 1. The summed E-state index contributed by atoms with van der Waals surface area (Å²) in [4.78, 5) is 2.48. The molecule has 0 atom stereocenters. The normalized spacial score (nSPS) is 27.6. The summed E-state index contributed by atoms with van der Waals surface area (Å²) in [6, 6.07) is 0. The summed E-state index contributed by atoms with van der Waals surface area (Å²) in [5, 5.41) is 9.34. The molecule has 0 amide bonds. The van der Waals surface area contributed by atoms with Gasteiger partial charge < -0.3 is 5.11 Å². The molecule has 1 aliphatic heterocycles. The Morgan fingerprint density at radius 2 is 1.86 bits per heavy atom. The van der Waals surface area contributed by atoms with Crippen molar-refractivity contribution in [2.45, 2.75) is 51.5 Å². The second-order valence-electron chi connectivity index (χ2n) is 5.85. The molecule has 1 saturated heterocycles. The number of rotatable bonds is 2. The SMILES string of the molecule is CC(C)(CO)N1CCC2(CCCC2)C1. The van der Waals surface area contributed by atoms with Crippen LogP contribution in [-0.4, -0.2) is 35.2 Å². The van der Waals surface area contributed by atoms with Gasteiger partial charge in [-0.2, -0.15) is 0 Å². The largest absolute Gasteiger partial charge is 0.394 e. The van der Waals surface area contributed by atoms with Crippen molar-refractivity contribution >= 4 is 0 Å². The van der Waals surface area contributed by atoms with E-state index in [-0.39, 0.29) is 12.1 Å². The molecule has 0 aromatic rings. The van der Waals surface area contributed by atoms with Gasteiger partial charge in [-0.05, 0) is 45.1 Å². The maximum absolute atomic E-state index is 9.34. The third kappa shape index (κ3) is 1.70. The number of aliphatic hydroxyl groups is 1. The molecule has 1 N–H and O–H groups in total. The van der Waals surface area contributed by atoms with Gasteiger partial charge in [-0.3, -0.25) is 4.90 Å². The molecule has 0 radical (unpaired) electrons. The van der Waals surface area contributed by atoms with E-state index in [2.05, 4.69) is 18.7 Å². The molecular weight excluding hydrogens is 174 g/mol. The first-order valence-electron chi connectivity index (χ1n) is 5.94. The minimum absolute atomic E-state index is 0.00785. The van der Waals surface area contributed by atoms with Gasteiger partial charge in [-0.25, -0.2) is 0 Å². The van der Waals surface area contributed by atoms with Gasteiger partial charge in [-0.1, -0.05) is 12.8 Å². The van der Waals surface area contributed by atoms with Gasteiger partial charge in [-0.15, -0.1) is 0 Å². The van der Waals surface area contributed by atoms with Crippen LogP contribution in [0.3, 0.4) is 0 Å². The van der Waals surface area contributed by atoms with Crippen LogP contribution in [0.25, 0.3) is 0 Å². The minimum Gasteiger partial charge on any atom is -0.394 e. The van der Waals surface area contributed by atoms with Crippen molar-refractivity contribution in [1.29, 1.82) is 0 Å². The Kier molecular flexibility index (Phi) is 2.61. The first-order chi connectivity index (χ1) is 6.58. The average molecular weight is 197 g/mol. The zero-order valence-electron chi connectivity index (χ0n) is 9.55. The van der Waals surface area contributed by atoms with Crippen LogP contribution >= 0.6 is 0 Å². The van der Waals surface area contributed by atoms with Crippen molar-refractivity contribution in [1.82, 2.24) is 4.90 Å². The van der Waals surface area contributed by atoms with Crippen LogP contribution in [-0.2, 0) is 0 Å². The summed E-state index contributed by atoms with van der Waals surface area (Å²) in [6.07, 6.45) is 7.05. The number of nitrogens with zero attached hydrogens (tertiary/aromatic N) is 1. The molecule has 2 fully saturated rings. The highest BCUT2D eigenvalue weighted by Crippen LogP contribution is 2.46. The van der Waals surface area contributed by atoms with Crippen LogP contribution < -0.4 is 0 Å². The van der Waals surface area contributed by atoms with Gasteiger partial charge in [0, 0.05) is 12.1 Å². The summed E-state index contributed by atoms with van der Waals surface area (Å²) in [5.74, 6) is 0. The fraction of sp³-hybridized carbons (Fsp3) is 1.00. The Balaban J connectivity index is 2.00. The number of hydrogen-bond acceptors (Lipinski definition) is 2. The van der Waals surface area contributed by atoms with E-state index >= 15 is 0 Å². The molecule has 2 heteroatoms. The minimum atomic E-state index is -0.00785. The molecule has 0 aromatic carbocycles. The van der Waals surface area contributed by atoms with Crippen molar-refractivity contribution in [2.24, 2.45) is 5.41 Å². The van der Waals surface area contributed by atoms with Crippen molar-refractivity contribution in [2.75, 3.05) is 19.7 Å². The molecule has 1 aliphatic carbocycles. The molecule has 0 bridgehead atoms. The Morgan fingerprint density at radius 3 is 2.43 bits per heavy atom. The predicted molar refractivity (Wildman–Crippen MR) is 58.3 cm³/mol. The van der Waals surface area contributed by atoms with Crippen LogP contribution in [0, 0.1) is 5.41 Å². The van der Waals surface area contributed by atoms with E-state index in [0.717, 1.165) is 0 Å². The van der Waals surface area contributed by atoms with Gasteiger partial charge in [0.1, 0.15) is 0 Å². The third-order valence-electron chi connectivity index (χ3n) is 4.35. The summed E-state index contributed by atoms with van der Waals surface area (Å²) >= 11 is 0. The molecule has 1 saturated carbocycles. The fourth-order valence-corrected chi connectivity index (χ4v) is 3.08. The highest BCUT2D eigenvalue weighted by Gasteiger charge is 2.43. The second-order valence-corrected chi connectivity index (χ2v) is 5.85. The maximum atomic E-state index is 9.34. The zero-order valence-corrected chi connectivity index (χ0v) is 9.55.